The van der Waals surface area contributed by atoms with Crippen LogP contribution in [0.25, 0.3) is 11.1 Å². The van der Waals surface area contributed by atoms with Gasteiger partial charge in [-0.25, -0.2) is 4.39 Å². The second-order valence-electron chi connectivity index (χ2n) is 4.37. The monoisotopic (exact) mass is 246 g/mol. The van der Waals surface area contributed by atoms with Crippen LogP contribution in [-0.4, -0.2) is 16.8 Å². The van der Waals surface area contributed by atoms with Gasteiger partial charge in [0.25, 0.3) is 0 Å². The molecule has 2 nitrogen and oxygen atoms in total. The molecule has 0 saturated carbocycles. The number of phenols is 1. The molecular formula is C15H15FO2. The highest BCUT2D eigenvalue weighted by atomic mass is 19.1. The Morgan fingerprint density at radius 3 is 2.56 bits per heavy atom. The molecule has 0 saturated heterocycles. The van der Waals surface area contributed by atoms with Crippen molar-refractivity contribution in [1.82, 2.24) is 0 Å². The molecule has 2 aromatic rings. The lowest BCUT2D eigenvalue weighted by Crippen LogP contribution is -1.99. The summed E-state index contributed by atoms with van der Waals surface area (Å²) in [5.74, 6) is -0.323. The first kappa shape index (κ1) is 12.6. The van der Waals surface area contributed by atoms with Gasteiger partial charge >= 0.3 is 0 Å². The molecule has 0 aliphatic heterocycles. The Morgan fingerprint density at radius 2 is 1.94 bits per heavy atom. The summed E-state index contributed by atoms with van der Waals surface area (Å²) in [7, 11) is 0. The molecule has 0 spiro atoms. The SMILES string of the molecule is CC(CO)c1ccc(-c2cccc(O)c2)c(F)c1. The van der Waals surface area contributed by atoms with Gasteiger partial charge in [0.15, 0.2) is 0 Å². The average Bonchev–Trinajstić information content (AvgIpc) is 2.37. The second-order valence-corrected chi connectivity index (χ2v) is 4.37. The molecule has 0 radical (unpaired) electrons. The summed E-state index contributed by atoms with van der Waals surface area (Å²) >= 11 is 0. The van der Waals surface area contributed by atoms with E-state index in [2.05, 4.69) is 0 Å². The number of benzene rings is 2. The Bertz CT molecular complexity index is 552. The molecule has 0 bridgehead atoms. The lowest BCUT2D eigenvalue weighted by atomic mass is 9.97. The first-order valence-corrected chi connectivity index (χ1v) is 5.81. The first-order valence-electron chi connectivity index (χ1n) is 5.81. The van der Waals surface area contributed by atoms with Crippen molar-refractivity contribution in [2.75, 3.05) is 6.61 Å². The summed E-state index contributed by atoms with van der Waals surface area (Å²) in [5, 5.41) is 18.4. The topological polar surface area (TPSA) is 40.5 Å². The van der Waals surface area contributed by atoms with E-state index in [4.69, 9.17) is 5.11 Å². The van der Waals surface area contributed by atoms with E-state index >= 15 is 0 Å². The number of aliphatic hydroxyl groups is 1. The third-order valence-electron chi connectivity index (χ3n) is 2.99. The lowest BCUT2D eigenvalue weighted by Gasteiger charge is -2.10. The van der Waals surface area contributed by atoms with Crippen molar-refractivity contribution in [2.45, 2.75) is 12.8 Å². The molecule has 0 aliphatic carbocycles. The standard InChI is InChI=1S/C15H15FO2/c1-10(9-17)11-5-6-14(15(16)8-11)12-3-2-4-13(18)7-12/h2-8,10,17-18H,9H2,1H3. The Kier molecular flexibility index (Phi) is 3.63. The Labute approximate surface area is 105 Å². The summed E-state index contributed by atoms with van der Waals surface area (Å²) in [6.07, 6.45) is 0. The zero-order valence-corrected chi connectivity index (χ0v) is 10.1. The van der Waals surface area contributed by atoms with E-state index in [1.165, 1.54) is 12.1 Å². The average molecular weight is 246 g/mol. The van der Waals surface area contributed by atoms with E-state index in [1.807, 2.05) is 6.92 Å². The van der Waals surface area contributed by atoms with Gasteiger partial charge in [0, 0.05) is 18.1 Å². The van der Waals surface area contributed by atoms with Crippen LogP contribution < -0.4 is 0 Å². The van der Waals surface area contributed by atoms with E-state index in [9.17, 15) is 9.50 Å². The molecule has 2 N–H and O–H groups in total. The third kappa shape index (κ3) is 2.51. The summed E-state index contributed by atoms with van der Waals surface area (Å²) in [4.78, 5) is 0. The fraction of sp³-hybridized carbons (Fsp3) is 0.200. The molecule has 3 heteroatoms. The summed E-state index contributed by atoms with van der Waals surface area (Å²) in [6.45, 7) is 1.83. The van der Waals surface area contributed by atoms with Gasteiger partial charge in [0.1, 0.15) is 11.6 Å². The molecule has 0 heterocycles. The quantitative estimate of drug-likeness (QED) is 0.872. The van der Waals surface area contributed by atoms with Crippen LogP contribution in [0, 0.1) is 5.82 Å². The highest BCUT2D eigenvalue weighted by Gasteiger charge is 2.10. The van der Waals surface area contributed by atoms with Crippen molar-refractivity contribution >= 4 is 0 Å². The van der Waals surface area contributed by atoms with Crippen LogP contribution in [0.4, 0.5) is 4.39 Å². The number of aromatic hydroxyl groups is 1. The Morgan fingerprint density at radius 1 is 1.17 bits per heavy atom. The normalized spacial score (nSPS) is 12.4. The van der Waals surface area contributed by atoms with E-state index in [1.54, 1.807) is 30.3 Å². The van der Waals surface area contributed by atoms with Crippen molar-refractivity contribution < 1.29 is 14.6 Å². The smallest absolute Gasteiger partial charge is 0.131 e. The minimum atomic E-state index is -0.349. The maximum atomic E-state index is 14.0. The van der Waals surface area contributed by atoms with Crippen molar-refractivity contribution in [2.24, 2.45) is 0 Å². The van der Waals surface area contributed by atoms with Gasteiger partial charge < -0.3 is 10.2 Å². The largest absolute Gasteiger partial charge is 0.508 e. The first-order chi connectivity index (χ1) is 8.61. The molecule has 94 valence electrons. The predicted octanol–water partition coefficient (Wildman–Crippen LogP) is 3.29. The molecule has 1 atom stereocenters. The number of phenolic OH excluding ortho intramolecular Hbond substituents is 1. The third-order valence-corrected chi connectivity index (χ3v) is 2.99. The van der Waals surface area contributed by atoms with Gasteiger partial charge in [-0.15, -0.1) is 0 Å². The molecule has 0 aromatic heterocycles. The van der Waals surface area contributed by atoms with E-state index < -0.39 is 0 Å². The van der Waals surface area contributed by atoms with E-state index in [-0.39, 0.29) is 24.1 Å². The Hall–Kier alpha value is -1.87. The minimum Gasteiger partial charge on any atom is -0.508 e. The summed E-state index contributed by atoms with van der Waals surface area (Å²) < 4.78 is 14.0. The van der Waals surface area contributed by atoms with Crippen molar-refractivity contribution in [3.05, 3.63) is 53.8 Å². The van der Waals surface area contributed by atoms with Crippen LogP contribution >= 0.6 is 0 Å². The van der Waals surface area contributed by atoms with Crippen molar-refractivity contribution in [1.29, 1.82) is 0 Å². The number of halogens is 1. The fourth-order valence-electron chi connectivity index (χ4n) is 1.85. The van der Waals surface area contributed by atoms with Crippen LogP contribution in [-0.2, 0) is 0 Å². The minimum absolute atomic E-state index is 0.00902. The van der Waals surface area contributed by atoms with Gasteiger partial charge in [0.05, 0.1) is 0 Å². The van der Waals surface area contributed by atoms with Gasteiger partial charge in [-0.1, -0.05) is 31.2 Å². The van der Waals surface area contributed by atoms with Gasteiger partial charge in [-0.2, -0.15) is 0 Å². The molecular weight excluding hydrogens is 231 g/mol. The maximum absolute atomic E-state index is 14.0. The molecule has 18 heavy (non-hydrogen) atoms. The van der Waals surface area contributed by atoms with Crippen molar-refractivity contribution in [3.63, 3.8) is 0 Å². The molecule has 0 amide bonds. The van der Waals surface area contributed by atoms with Crippen LogP contribution in [0.2, 0.25) is 0 Å². The molecule has 2 rings (SSSR count). The van der Waals surface area contributed by atoms with Gasteiger partial charge in [-0.05, 0) is 29.3 Å². The van der Waals surface area contributed by atoms with Crippen molar-refractivity contribution in [3.8, 4) is 16.9 Å². The zero-order valence-electron chi connectivity index (χ0n) is 10.1. The zero-order chi connectivity index (χ0) is 13.1. The molecule has 0 aliphatic rings. The molecule has 1 unspecified atom stereocenters. The number of aliphatic hydroxyl groups excluding tert-OH is 1. The number of rotatable bonds is 3. The van der Waals surface area contributed by atoms with Gasteiger partial charge in [0.2, 0.25) is 0 Å². The van der Waals surface area contributed by atoms with Crippen LogP contribution in [0.5, 0.6) is 5.75 Å². The van der Waals surface area contributed by atoms with E-state index in [0.29, 0.717) is 11.1 Å². The van der Waals surface area contributed by atoms with E-state index in [0.717, 1.165) is 5.56 Å². The Balaban J connectivity index is 2.41. The lowest BCUT2D eigenvalue weighted by molar-refractivity contribution is 0.273. The number of hydrogen-bond acceptors (Lipinski definition) is 2. The molecule has 2 aromatic carbocycles. The van der Waals surface area contributed by atoms with Crippen LogP contribution in [0.1, 0.15) is 18.4 Å². The summed E-state index contributed by atoms with van der Waals surface area (Å²) in [6, 6.07) is 11.4. The van der Waals surface area contributed by atoms with Crippen LogP contribution in [0.3, 0.4) is 0 Å². The maximum Gasteiger partial charge on any atom is 0.131 e. The highest BCUT2D eigenvalue weighted by Crippen LogP contribution is 2.28. The highest BCUT2D eigenvalue weighted by molar-refractivity contribution is 5.66. The van der Waals surface area contributed by atoms with Gasteiger partial charge in [-0.3, -0.25) is 0 Å². The fourth-order valence-corrected chi connectivity index (χ4v) is 1.85. The number of hydrogen-bond donors (Lipinski definition) is 2. The summed E-state index contributed by atoms with van der Waals surface area (Å²) in [5.41, 5.74) is 1.84. The molecule has 0 fully saturated rings. The predicted molar refractivity (Wildman–Crippen MR) is 69.0 cm³/mol. The second kappa shape index (κ2) is 5.19. The van der Waals surface area contributed by atoms with Crippen LogP contribution in [0.15, 0.2) is 42.5 Å².